The highest BCUT2D eigenvalue weighted by Gasteiger charge is 2.08. The minimum Gasteiger partial charge on any atom is -0.507 e. The zero-order chi connectivity index (χ0) is 11.8. The molecule has 0 aliphatic carbocycles. The van der Waals surface area contributed by atoms with Crippen LogP contribution in [-0.4, -0.2) is 5.11 Å². The number of phenolic OH excluding ortho intramolecular Hbond substituents is 1. The van der Waals surface area contributed by atoms with Crippen LogP contribution in [-0.2, 0) is 6.42 Å². The smallest absolute Gasteiger partial charge is 0.123 e. The van der Waals surface area contributed by atoms with E-state index in [9.17, 15) is 5.11 Å². The zero-order valence-electron chi connectivity index (χ0n) is 9.77. The lowest BCUT2D eigenvalue weighted by Gasteiger charge is -2.10. The van der Waals surface area contributed by atoms with Crippen molar-refractivity contribution in [2.45, 2.75) is 13.3 Å². The molecule has 0 aromatic heterocycles. The number of phenols is 1. The molecular weight excluding hydrogens is 208 g/mol. The highest BCUT2D eigenvalue weighted by atomic mass is 16.3. The number of rotatable bonds is 1. The van der Waals surface area contributed by atoms with Gasteiger partial charge in [-0.05, 0) is 40.3 Å². The molecular formula is C16H14O. The highest BCUT2D eigenvalue weighted by Crippen LogP contribution is 2.34. The molecule has 0 radical (unpaired) electrons. The summed E-state index contributed by atoms with van der Waals surface area (Å²) in [5.74, 6) is 0.380. The quantitative estimate of drug-likeness (QED) is 0.610. The predicted molar refractivity (Wildman–Crippen MR) is 72.5 cm³/mol. The summed E-state index contributed by atoms with van der Waals surface area (Å²) >= 11 is 0. The van der Waals surface area contributed by atoms with Crippen LogP contribution in [0.25, 0.3) is 21.5 Å². The molecule has 3 aromatic carbocycles. The third-order valence-electron chi connectivity index (χ3n) is 3.33. The Morgan fingerprint density at radius 2 is 1.71 bits per heavy atom. The van der Waals surface area contributed by atoms with Gasteiger partial charge in [-0.1, -0.05) is 43.3 Å². The summed E-state index contributed by atoms with van der Waals surface area (Å²) in [6.45, 7) is 2.13. The summed E-state index contributed by atoms with van der Waals surface area (Å²) < 4.78 is 0. The third kappa shape index (κ3) is 1.47. The molecule has 0 unspecified atom stereocenters. The van der Waals surface area contributed by atoms with E-state index in [1.807, 2.05) is 12.1 Å². The lowest BCUT2D eigenvalue weighted by molar-refractivity contribution is 0.481. The molecule has 0 atom stereocenters. The summed E-state index contributed by atoms with van der Waals surface area (Å²) in [7, 11) is 0. The van der Waals surface area contributed by atoms with Gasteiger partial charge in [-0.25, -0.2) is 0 Å². The maximum atomic E-state index is 10.0. The van der Waals surface area contributed by atoms with Crippen LogP contribution in [0.4, 0.5) is 0 Å². The van der Waals surface area contributed by atoms with Gasteiger partial charge in [0, 0.05) is 5.39 Å². The normalized spacial score (nSPS) is 11.1. The van der Waals surface area contributed by atoms with Crippen molar-refractivity contribution in [2.75, 3.05) is 0 Å². The van der Waals surface area contributed by atoms with E-state index < -0.39 is 0 Å². The van der Waals surface area contributed by atoms with Gasteiger partial charge in [0.25, 0.3) is 0 Å². The van der Waals surface area contributed by atoms with Gasteiger partial charge in [0.05, 0.1) is 0 Å². The van der Waals surface area contributed by atoms with Gasteiger partial charge in [0.1, 0.15) is 5.75 Å². The molecule has 0 aliphatic rings. The molecule has 0 bridgehead atoms. The van der Waals surface area contributed by atoms with Crippen molar-refractivity contribution in [1.82, 2.24) is 0 Å². The molecule has 0 spiro atoms. The Kier molecular flexibility index (Phi) is 2.25. The monoisotopic (exact) mass is 222 g/mol. The third-order valence-corrected chi connectivity index (χ3v) is 3.33. The van der Waals surface area contributed by atoms with Gasteiger partial charge in [-0.3, -0.25) is 0 Å². The van der Waals surface area contributed by atoms with Crippen LogP contribution in [0.3, 0.4) is 0 Å². The molecule has 0 saturated heterocycles. The summed E-state index contributed by atoms with van der Waals surface area (Å²) in [5, 5.41) is 14.6. The maximum absolute atomic E-state index is 10.0. The standard InChI is InChI=1S/C16H14O/c1-2-13-14-8-4-3-6-11(14)10-12-7-5-9-15(17)16(12)13/h3-10,17H,2H2,1H3. The topological polar surface area (TPSA) is 20.2 Å². The van der Waals surface area contributed by atoms with Gasteiger partial charge < -0.3 is 5.11 Å². The van der Waals surface area contributed by atoms with E-state index in [0.29, 0.717) is 5.75 Å². The molecule has 1 nitrogen and oxygen atoms in total. The molecule has 1 N–H and O–H groups in total. The van der Waals surface area contributed by atoms with Gasteiger partial charge in [0.15, 0.2) is 0 Å². The van der Waals surface area contributed by atoms with E-state index in [1.165, 1.54) is 16.3 Å². The van der Waals surface area contributed by atoms with Crippen molar-refractivity contribution in [3.05, 3.63) is 54.1 Å². The van der Waals surface area contributed by atoms with Crippen molar-refractivity contribution < 1.29 is 5.11 Å². The Hall–Kier alpha value is -2.02. The average molecular weight is 222 g/mol. The SMILES string of the molecule is CCc1c2ccccc2cc2cccc(O)c12. The molecule has 0 heterocycles. The van der Waals surface area contributed by atoms with Crippen LogP contribution in [0.2, 0.25) is 0 Å². The van der Waals surface area contributed by atoms with Crippen molar-refractivity contribution in [3.63, 3.8) is 0 Å². The van der Waals surface area contributed by atoms with Crippen molar-refractivity contribution in [1.29, 1.82) is 0 Å². The van der Waals surface area contributed by atoms with Gasteiger partial charge in [-0.2, -0.15) is 0 Å². The number of hydrogen-bond acceptors (Lipinski definition) is 1. The van der Waals surface area contributed by atoms with Gasteiger partial charge >= 0.3 is 0 Å². The molecule has 0 fully saturated rings. The predicted octanol–water partition coefficient (Wildman–Crippen LogP) is 4.26. The molecule has 1 heteroatoms. The maximum Gasteiger partial charge on any atom is 0.123 e. The Morgan fingerprint density at radius 1 is 0.941 bits per heavy atom. The largest absolute Gasteiger partial charge is 0.507 e. The number of hydrogen-bond donors (Lipinski definition) is 1. The van der Waals surface area contributed by atoms with Crippen LogP contribution in [0.5, 0.6) is 5.75 Å². The highest BCUT2D eigenvalue weighted by molar-refractivity contribution is 6.04. The number of aromatic hydroxyl groups is 1. The minimum atomic E-state index is 0.380. The van der Waals surface area contributed by atoms with Crippen LogP contribution < -0.4 is 0 Å². The van der Waals surface area contributed by atoms with E-state index in [-0.39, 0.29) is 0 Å². The molecule has 3 aromatic rings. The van der Waals surface area contributed by atoms with Crippen molar-refractivity contribution >= 4 is 21.5 Å². The van der Waals surface area contributed by atoms with Gasteiger partial charge in [-0.15, -0.1) is 0 Å². The average Bonchev–Trinajstić information content (AvgIpc) is 2.36. The second-order valence-corrected chi connectivity index (χ2v) is 4.31. The second-order valence-electron chi connectivity index (χ2n) is 4.31. The molecule has 84 valence electrons. The molecule has 17 heavy (non-hydrogen) atoms. The summed E-state index contributed by atoms with van der Waals surface area (Å²) in [5.41, 5.74) is 1.23. The summed E-state index contributed by atoms with van der Waals surface area (Å²) in [6.07, 6.45) is 0.926. The Bertz CT molecular complexity index is 698. The molecule has 0 aliphatic heterocycles. The fourth-order valence-electron chi connectivity index (χ4n) is 2.57. The summed E-state index contributed by atoms with van der Waals surface area (Å²) in [4.78, 5) is 0. The van der Waals surface area contributed by atoms with Crippen LogP contribution in [0, 0.1) is 0 Å². The van der Waals surface area contributed by atoms with E-state index in [4.69, 9.17) is 0 Å². The first-order valence-electron chi connectivity index (χ1n) is 5.93. The zero-order valence-corrected chi connectivity index (χ0v) is 9.77. The molecule has 0 amide bonds. The first-order chi connectivity index (χ1) is 8.31. The van der Waals surface area contributed by atoms with Crippen LogP contribution >= 0.6 is 0 Å². The Morgan fingerprint density at radius 3 is 2.53 bits per heavy atom. The lowest BCUT2D eigenvalue weighted by atomic mass is 9.95. The van der Waals surface area contributed by atoms with Crippen LogP contribution in [0.15, 0.2) is 48.5 Å². The van der Waals surface area contributed by atoms with Gasteiger partial charge in [0.2, 0.25) is 0 Å². The number of aryl methyl sites for hydroxylation is 1. The van der Waals surface area contributed by atoms with E-state index in [2.05, 4.69) is 37.3 Å². The fraction of sp³-hybridized carbons (Fsp3) is 0.125. The van der Waals surface area contributed by atoms with Crippen LogP contribution in [0.1, 0.15) is 12.5 Å². The first kappa shape index (κ1) is 10.2. The van der Waals surface area contributed by atoms with E-state index in [0.717, 1.165) is 17.2 Å². The van der Waals surface area contributed by atoms with E-state index >= 15 is 0 Å². The minimum absolute atomic E-state index is 0.380. The van der Waals surface area contributed by atoms with Crippen molar-refractivity contribution in [2.24, 2.45) is 0 Å². The summed E-state index contributed by atoms with van der Waals surface area (Å²) in [6, 6.07) is 16.2. The Labute approximate surface area is 100 Å². The number of benzene rings is 3. The van der Waals surface area contributed by atoms with Crippen molar-refractivity contribution in [3.8, 4) is 5.75 Å². The lowest BCUT2D eigenvalue weighted by Crippen LogP contribution is -1.87. The number of fused-ring (bicyclic) bond motifs is 2. The fourth-order valence-corrected chi connectivity index (χ4v) is 2.57. The molecule has 3 rings (SSSR count). The molecule has 0 saturated carbocycles. The first-order valence-corrected chi connectivity index (χ1v) is 5.93. The van der Waals surface area contributed by atoms with E-state index in [1.54, 1.807) is 6.07 Å². The second kappa shape index (κ2) is 3.77. The Balaban J connectivity index is 2.59.